The van der Waals surface area contributed by atoms with Crippen LogP contribution in [0, 0.1) is 13.8 Å². The van der Waals surface area contributed by atoms with Crippen molar-refractivity contribution >= 4 is 43.7 Å². The van der Waals surface area contributed by atoms with Gasteiger partial charge in [0.25, 0.3) is 0 Å². The van der Waals surface area contributed by atoms with Crippen molar-refractivity contribution in [3.8, 4) is 0 Å². The Morgan fingerprint density at radius 3 is 2.25 bits per heavy atom. The Kier molecular flexibility index (Phi) is 4.95. The minimum atomic E-state index is -0.00557. The smallest absolute Gasteiger partial charge is 0.186 e. The van der Waals surface area contributed by atoms with Gasteiger partial charge in [-0.05, 0) is 80.6 Å². The fraction of sp³-hybridized carbons (Fsp3) is 0.118. The van der Waals surface area contributed by atoms with Crippen LogP contribution in [0.4, 0.5) is 0 Å². The molecule has 1 nitrogen and oxygen atoms in total. The lowest BCUT2D eigenvalue weighted by Crippen LogP contribution is -1.97. The second-order valence-corrected chi connectivity index (χ2v) is 6.20. The third-order valence-corrected chi connectivity index (χ3v) is 5.23. The molecule has 0 heterocycles. The molecule has 2 aromatic carbocycles. The minimum Gasteiger partial charge on any atom is -0.289 e. The van der Waals surface area contributed by atoms with Crippen LogP contribution in [-0.4, -0.2) is 5.78 Å². The van der Waals surface area contributed by atoms with Gasteiger partial charge in [0.1, 0.15) is 0 Å². The highest BCUT2D eigenvalue weighted by atomic mass is 79.9. The van der Waals surface area contributed by atoms with E-state index in [0.717, 1.165) is 25.6 Å². The van der Waals surface area contributed by atoms with Gasteiger partial charge in [-0.1, -0.05) is 30.3 Å². The molecule has 0 atom stereocenters. The van der Waals surface area contributed by atoms with Crippen molar-refractivity contribution in [3.05, 3.63) is 73.7 Å². The van der Waals surface area contributed by atoms with E-state index in [1.807, 2.05) is 56.3 Å². The lowest BCUT2D eigenvalue weighted by Gasteiger charge is -2.04. The third-order valence-electron chi connectivity index (χ3n) is 3.09. The molecule has 0 bridgehead atoms. The van der Waals surface area contributed by atoms with E-state index < -0.39 is 0 Å². The van der Waals surface area contributed by atoms with Gasteiger partial charge in [0.15, 0.2) is 5.78 Å². The molecule has 0 saturated carbocycles. The summed E-state index contributed by atoms with van der Waals surface area (Å²) in [5, 5.41) is 0. The molecule has 0 spiro atoms. The van der Waals surface area contributed by atoms with Crippen molar-refractivity contribution in [2.75, 3.05) is 0 Å². The van der Waals surface area contributed by atoms with Crippen molar-refractivity contribution in [2.45, 2.75) is 13.8 Å². The topological polar surface area (TPSA) is 17.1 Å². The molecule has 2 aromatic rings. The molecule has 0 saturated heterocycles. The predicted octanol–water partition coefficient (Wildman–Crippen LogP) is 5.72. The molecule has 0 fully saturated rings. The summed E-state index contributed by atoms with van der Waals surface area (Å²) in [5.41, 5.74) is 3.89. The number of carbonyl (C=O) groups excluding carboxylic acids is 1. The van der Waals surface area contributed by atoms with E-state index in [4.69, 9.17) is 0 Å². The number of hydrogen-bond donors (Lipinski definition) is 0. The van der Waals surface area contributed by atoms with Crippen LogP contribution in [0.5, 0.6) is 0 Å². The summed E-state index contributed by atoms with van der Waals surface area (Å²) < 4.78 is 1.88. The molecule has 102 valence electrons. The molecule has 2 rings (SSSR count). The van der Waals surface area contributed by atoms with E-state index in [2.05, 4.69) is 31.9 Å². The summed E-state index contributed by atoms with van der Waals surface area (Å²) in [6.45, 7) is 4.00. The highest BCUT2D eigenvalue weighted by molar-refractivity contribution is 9.11. The normalized spacial score (nSPS) is 11.0. The van der Waals surface area contributed by atoms with E-state index in [-0.39, 0.29) is 5.78 Å². The first-order chi connectivity index (χ1) is 9.50. The van der Waals surface area contributed by atoms with Crippen LogP contribution in [-0.2, 0) is 0 Å². The van der Waals surface area contributed by atoms with Gasteiger partial charge in [0.05, 0.1) is 0 Å². The van der Waals surface area contributed by atoms with Gasteiger partial charge in [-0.2, -0.15) is 0 Å². The van der Waals surface area contributed by atoms with E-state index >= 15 is 0 Å². The summed E-state index contributed by atoms with van der Waals surface area (Å²) in [6, 6.07) is 11.7. The van der Waals surface area contributed by atoms with Crippen molar-refractivity contribution < 1.29 is 4.79 Å². The molecule has 0 amide bonds. The van der Waals surface area contributed by atoms with Gasteiger partial charge in [-0.15, -0.1) is 0 Å². The molecule has 20 heavy (non-hydrogen) atoms. The van der Waals surface area contributed by atoms with Crippen LogP contribution in [0.15, 0.2) is 51.4 Å². The van der Waals surface area contributed by atoms with Crippen molar-refractivity contribution in [1.82, 2.24) is 0 Å². The Labute approximate surface area is 136 Å². The van der Waals surface area contributed by atoms with E-state index in [1.165, 1.54) is 0 Å². The fourth-order valence-electron chi connectivity index (χ4n) is 1.89. The molecule has 0 N–H and O–H groups in total. The van der Waals surface area contributed by atoms with Crippen LogP contribution in [0.25, 0.3) is 6.08 Å². The lowest BCUT2D eigenvalue weighted by molar-refractivity contribution is 0.104. The maximum atomic E-state index is 12.3. The van der Waals surface area contributed by atoms with E-state index in [0.29, 0.717) is 5.56 Å². The Morgan fingerprint density at radius 1 is 0.950 bits per heavy atom. The lowest BCUT2D eigenvalue weighted by atomic mass is 10.1. The molecular formula is C17H14Br2O. The predicted molar refractivity (Wildman–Crippen MR) is 91.1 cm³/mol. The van der Waals surface area contributed by atoms with E-state index in [1.54, 1.807) is 6.08 Å². The second kappa shape index (κ2) is 6.51. The quantitative estimate of drug-likeness (QED) is 0.481. The van der Waals surface area contributed by atoms with Gasteiger partial charge in [-0.3, -0.25) is 4.79 Å². The number of ketones is 1. The molecule has 3 heteroatoms. The zero-order chi connectivity index (χ0) is 14.7. The molecule has 0 aliphatic carbocycles. The van der Waals surface area contributed by atoms with Gasteiger partial charge >= 0.3 is 0 Å². The molecule has 0 aromatic heterocycles. The first-order valence-electron chi connectivity index (χ1n) is 6.23. The molecular weight excluding hydrogens is 380 g/mol. The Morgan fingerprint density at radius 2 is 1.55 bits per heavy atom. The Hall–Kier alpha value is -1.19. The van der Waals surface area contributed by atoms with Gasteiger partial charge in [0, 0.05) is 14.5 Å². The summed E-state index contributed by atoms with van der Waals surface area (Å²) in [7, 11) is 0. The number of hydrogen-bond acceptors (Lipinski definition) is 1. The summed E-state index contributed by atoms with van der Waals surface area (Å²) in [5.74, 6) is -0.00557. The second-order valence-electron chi connectivity index (χ2n) is 4.61. The minimum absolute atomic E-state index is 0.00557. The third kappa shape index (κ3) is 3.28. The highest BCUT2D eigenvalue weighted by Crippen LogP contribution is 2.24. The number of rotatable bonds is 3. The first-order valence-corrected chi connectivity index (χ1v) is 7.82. The largest absolute Gasteiger partial charge is 0.289 e. The Bertz CT molecular complexity index is 687. The van der Waals surface area contributed by atoms with Gasteiger partial charge < -0.3 is 0 Å². The number of benzene rings is 2. The standard InChI is InChI=1S/C17H14Br2O/c1-11-5-3-7-13(16(11)18)9-10-15(20)14-8-4-6-12(2)17(14)19/h3-10H,1-2H3/b10-9+. The van der Waals surface area contributed by atoms with Gasteiger partial charge in [0.2, 0.25) is 0 Å². The van der Waals surface area contributed by atoms with Crippen LogP contribution >= 0.6 is 31.9 Å². The molecule has 0 aliphatic rings. The average Bonchev–Trinajstić information content (AvgIpc) is 2.43. The highest BCUT2D eigenvalue weighted by Gasteiger charge is 2.08. The van der Waals surface area contributed by atoms with Crippen molar-refractivity contribution in [2.24, 2.45) is 0 Å². The average molecular weight is 394 g/mol. The summed E-state index contributed by atoms with van der Waals surface area (Å²) in [6.07, 6.45) is 3.45. The number of carbonyl (C=O) groups is 1. The van der Waals surface area contributed by atoms with Gasteiger partial charge in [-0.25, -0.2) is 0 Å². The SMILES string of the molecule is Cc1cccc(/C=C/C(=O)c2cccc(C)c2Br)c1Br. The fourth-order valence-corrected chi connectivity index (χ4v) is 2.75. The van der Waals surface area contributed by atoms with Crippen molar-refractivity contribution in [1.29, 1.82) is 0 Å². The number of aryl methyl sites for hydroxylation is 2. The van der Waals surface area contributed by atoms with Crippen molar-refractivity contribution in [3.63, 3.8) is 0 Å². The maximum Gasteiger partial charge on any atom is 0.186 e. The summed E-state index contributed by atoms with van der Waals surface area (Å²) in [4.78, 5) is 12.3. The zero-order valence-corrected chi connectivity index (χ0v) is 14.5. The Balaban J connectivity index is 2.30. The first kappa shape index (κ1) is 15.2. The number of allylic oxidation sites excluding steroid dienone is 1. The monoisotopic (exact) mass is 392 g/mol. The maximum absolute atomic E-state index is 12.3. The van der Waals surface area contributed by atoms with E-state index in [9.17, 15) is 4.79 Å². The molecule has 0 unspecified atom stereocenters. The number of halogens is 2. The molecule has 0 aliphatic heterocycles. The summed E-state index contributed by atoms with van der Waals surface area (Å²) >= 11 is 7.01. The van der Waals surface area contributed by atoms with Crippen LogP contribution in [0.1, 0.15) is 27.0 Å². The van der Waals surface area contributed by atoms with Crippen LogP contribution < -0.4 is 0 Å². The molecule has 0 radical (unpaired) electrons. The zero-order valence-electron chi connectivity index (χ0n) is 11.3. The van der Waals surface area contributed by atoms with Crippen LogP contribution in [0.3, 0.4) is 0 Å². The van der Waals surface area contributed by atoms with Crippen LogP contribution in [0.2, 0.25) is 0 Å².